The number of halogens is 3. The van der Waals surface area contributed by atoms with E-state index in [2.05, 4.69) is 4.98 Å². The molecule has 1 aliphatic rings. The summed E-state index contributed by atoms with van der Waals surface area (Å²) in [6.45, 7) is -0.203. The van der Waals surface area contributed by atoms with E-state index in [1.54, 1.807) is 18.2 Å². The van der Waals surface area contributed by atoms with Gasteiger partial charge in [-0.3, -0.25) is 9.59 Å². The van der Waals surface area contributed by atoms with Crippen LogP contribution in [0.2, 0.25) is 0 Å². The van der Waals surface area contributed by atoms with Crippen molar-refractivity contribution in [2.24, 2.45) is 0 Å². The van der Waals surface area contributed by atoms with E-state index in [0.717, 1.165) is 6.42 Å². The molecule has 1 N–H and O–H groups in total. The van der Waals surface area contributed by atoms with Gasteiger partial charge in [0.25, 0.3) is 5.56 Å². The third-order valence-electron chi connectivity index (χ3n) is 4.47. The summed E-state index contributed by atoms with van der Waals surface area (Å²) in [5.74, 6) is -1.44. The largest absolute Gasteiger partial charge is 0.497 e. The quantitative estimate of drug-likeness (QED) is 0.860. The number of aromatic amines is 1. The van der Waals surface area contributed by atoms with Crippen LogP contribution in [0.3, 0.4) is 0 Å². The highest BCUT2D eigenvalue weighted by Gasteiger charge is 2.43. The van der Waals surface area contributed by atoms with Crippen molar-refractivity contribution in [1.29, 1.82) is 0 Å². The molecule has 2 aromatic rings. The van der Waals surface area contributed by atoms with Gasteiger partial charge in [-0.05, 0) is 36.4 Å². The highest BCUT2D eigenvalue weighted by molar-refractivity contribution is 5.83. The van der Waals surface area contributed by atoms with Crippen LogP contribution in [0.1, 0.15) is 18.4 Å². The van der Waals surface area contributed by atoms with Crippen molar-refractivity contribution in [3.8, 4) is 5.75 Å². The molecule has 6 nitrogen and oxygen atoms in total. The first kappa shape index (κ1) is 19.2. The maximum atomic E-state index is 13.0. The minimum absolute atomic E-state index is 0.0725. The summed E-state index contributed by atoms with van der Waals surface area (Å²) in [7, 11) is 1.49. The van der Waals surface area contributed by atoms with Crippen LogP contribution in [0.5, 0.6) is 5.75 Å². The highest BCUT2D eigenvalue weighted by Crippen LogP contribution is 2.23. The zero-order chi connectivity index (χ0) is 19.6. The van der Waals surface area contributed by atoms with Gasteiger partial charge in [0.2, 0.25) is 0 Å². The Balaban J connectivity index is 1.90. The molecule has 1 amide bonds. The molecule has 0 spiro atoms. The van der Waals surface area contributed by atoms with Crippen molar-refractivity contribution >= 4 is 16.8 Å². The molecule has 27 heavy (non-hydrogen) atoms. The van der Waals surface area contributed by atoms with Crippen LogP contribution < -0.4 is 10.3 Å². The molecule has 9 heteroatoms. The summed E-state index contributed by atoms with van der Waals surface area (Å²) in [6, 6.07) is 6.46. The van der Waals surface area contributed by atoms with Gasteiger partial charge in [-0.2, -0.15) is 13.2 Å². The summed E-state index contributed by atoms with van der Waals surface area (Å²) in [5, 5.41) is 0.627. The predicted octanol–water partition coefficient (Wildman–Crippen LogP) is 2.61. The number of nitrogens with one attached hydrogen (secondary N) is 1. The van der Waals surface area contributed by atoms with E-state index >= 15 is 0 Å². The first-order chi connectivity index (χ1) is 12.8. The fourth-order valence-electron chi connectivity index (χ4n) is 3.11. The summed E-state index contributed by atoms with van der Waals surface area (Å²) in [6.07, 6.45) is -4.16. The van der Waals surface area contributed by atoms with E-state index in [-0.39, 0.29) is 12.1 Å². The Morgan fingerprint density at radius 1 is 1.37 bits per heavy atom. The second-order valence-electron chi connectivity index (χ2n) is 6.40. The normalized spacial score (nSPS) is 17.3. The number of ether oxygens (including phenoxy) is 2. The van der Waals surface area contributed by atoms with Crippen LogP contribution in [0, 0.1) is 0 Å². The number of H-pyrrole nitrogens is 1. The fraction of sp³-hybridized carbons (Fsp3) is 0.444. The molecule has 0 bridgehead atoms. The van der Waals surface area contributed by atoms with Crippen molar-refractivity contribution in [3.05, 3.63) is 40.2 Å². The van der Waals surface area contributed by atoms with Crippen molar-refractivity contribution in [3.63, 3.8) is 0 Å². The summed E-state index contributed by atoms with van der Waals surface area (Å²) >= 11 is 0. The van der Waals surface area contributed by atoms with Crippen LogP contribution in [0.4, 0.5) is 13.2 Å². The van der Waals surface area contributed by atoms with Gasteiger partial charge in [-0.15, -0.1) is 0 Å². The Bertz CT molecular complexity index is 888. The molecule has 1 unspecified atom stereocenters. The maximum Gasteiger partial charge on any atom is 0.471 e. The third-order valence-corrected chi connectivity index (χ3v) is 4.47. The number of carbonyl (C=O) groups excluding carboxylic acids is 1. The van der Waals surface area contributed by atoms with Crippen molar-refractivity contribution in [2.75, 3.05) is 20.3 Å². The summed E-state index contributed by atoms with van der Waals surface area (Å²) < 4.78 is 49.4. The maximum absolute atomic E-state index is 13.0. The number of carbonyl (C=O) groups is 1. The van der Waals surface area contributed by atoms with E-state index in [1.807, 2.05) is 0 Å². The standard InChI is InChI=1S/C18H19F3N2O4/c1-26-13-5-4-11-7-12(16(24)22-15(11)8-13)9-23(17(25)18(19,20)21)10-14-3-2-6-27-14/h4-5,7-8,14H,2-3,6,9-10H2,1H3,(H,22,24). The number of fused-ring (bicyclic) bond motifs is 1. The molecule has 0 saturated carbocycles. The lowest BCUT2D eigenvalue weighted by Gasteiger charge is -2.26. The second-order valence-corrected chi connectivity index (χ2v) is 6.40. The molecule has 0 radical (unpaired) electrons. The Labute approximate surface area is 152 Å². The number of hydrogen-bond acceptors (Lipinski definition) is 4. The molecule has 0 aliphatic carbocycles. The SMILES string of the molecule is COc1ccc2cc(CN(CC3CCCO3)C(=O)C(F)(F)F)c(=O)[nH]c2c1. The van der Waals surface area contributed by atoms with Crippen LogP contribution in [0.15, 0.2) is 29.1 Å². The minimum atomic E-state index is -5.02. The van der Waals surface area contributed by atoms with Crippen LogP contribution in [0.25, 0.3) is 10.9 Å². The van der Waals surface area contributed by atoms with E-state index in [9.17, 15) is 22.8 Å². The Hall–Kier alpha value is -2.55. The number of methoxy groups -OCH3 is 1. The van der Waals surface area contributed by atoms with Gasteiger partial charge >= 0.3 is 12.1 Å². The van der Waals surface area contributed by atoms with E-state index in [0.29, 0.717) is 34.6 Å². The van der Waals surface area contributed by atoms with Gasteiger partial charge in [-0.1, -0.05) is 0 Å². The van der Waals surface area contributed by atoms with Crippen LogP contribution in [-0.4, -0.2) is 48.3 Å². The lowest BCUT2D eigenvalue weighted by molar-refractivity contribution is -0.187. The summed E-state index contributed by atoms with van der Waals surface area (Å²) in [4.78, 5) is 27.4. The Kier molecular flexibility index (Phi) is 5.41. The average Bonchev–Trinajstić information content (AvgIpc) is 3.13. The van der Waals surface area contributed by atoms with Gasteiger partial charge in [0.15, 0.2) is 0 Å². The van der Waals surface area contributed by atoms with E-state index in [1.165, 1.54) is 13.2 Å². The van der Waals surface area contributed by atoms with Gasteiger partial charge in [-0.25, -0.2) is 0 Å². The number of hydrogen-bond donors (Lipinski definition) is 1. The number of aromatic nitrogens is 1. The highest BCUT2D eigenvalue weighted by atomic mass is 19.4. The van der Waals surface area contributed by atoms with Gasteiger partial charge in [0, 0.05) is 24.8 Å². The van der Waals surface area contributed by atoms with E-state index < -0.39 is 30.3 Å². The van der Waals surface area contributed by atoms with Gasteiger partial charge in [0.05, 0.1) is 25.3 Å². The molecular formula is C18H19F3N2O4. The topological polar surface area (TPSA) is 71.6 Å². The molecule has 1 aromatic heterocycles. The molecule has 1 saturated heterocycles. The van der Waals surface area contributed by atoms with Crippen LogP contribution >= 0.6 is 0 Å². The lowest BCUT2D eigenvalue weighted by atomic mass is 10.1. The number of rotatable bonds is 5. The van der Waals surface area contributed by atoms with Gasteiger partial charge in [0.1, 0.15) is 5.75 Å². The number of amides is 1. The number of benzene rings is 1. The third kappa shape index (κ3) is 4.41. The first-order valence-corrected chi connectivity index (χ1v) is 8.45. The Morgan fingerprint density at radius 3 is 2.78 bits per heavy atom. The lowest BCUT2D eigenvalue weighted by Crippen LogP contribution is -2.45. The molecule has 1 fully saturated rings. The molecule has 1 aliphatic heterocycles. The van der Waals surface area contributed by atoms with Crippen molar-refractivity contribution in [2.45, 2.75) is 31.7 Å². The zero-order valence-corrected chi connectivity index (χ0v) is 14.6. The molecule has 1 aromatic carbocycles. The fourth-order valence-corrected chi connectivity index (χ4v) is 3.11. The molecular weight excluding hydrogens is 365 g/mol. The second kappa shape index (κ2) is 7.59. The van der Waals surface area contributed by atoms with E-state index in [4.69, 9.17) is 9.47 Å². The number of nitrogens with zero attached hydrogens (tertiary/aromatic N) is 1. The monoisotopic (exact) mass is 384 g/mol. The van der Waals surface area contributed by atoms with Crippen molar-refractivity contribution < 1.29 is 27.4 Å². The molecule has 2 heterocycles. The Morgan fingerprint density at radius 2 is 2.15 bits per heavy atom. The number of alkyl halides is 3. The molecule has 3 rings (SSSR count). The zero-order valence-electron chi connectivity index (χ0n) is 14.6. The van der Waals surface area contributed by atoms with Crippen molar-refractivity contribution in [1.82, 2.24) is 9.88 Å². The number of pyridine rings is 1. The van der Waals surface area contributed by atoms with Crippen LogP contribution in [-0.2, 0) is 16.1 Å². The minimum Gasteiger partial charge on any atom is -0.497 e. The average molecular weight is 384 g/mol. The smallest absolute Gasteiger partial charge is 0.471 e. The first-order valence-electron chi connectivity index (χ1n) is 8.45. The summed E-state index contributed by atoms with van der Waals surface area (Å²) in [5.41, 5.74) is 0.0160. The predicted molar refractivity (Wildman–Crippen MR) is 91.6 cm³/mol. The molecule has 1 atom stereocenters. The molecule has 146 valence electrons. The van der Waals surface area contributed by atoms with Gasteiger partial charge < -0.3 is 19.4 Å².